The van der Waals surface area contributed by atoms with Crippen LogP contribution in [0.5, 0.6) is 0 Å². The van der Waals surface area contributed by atoms with Crippen LogP contribution in [0.4, 0.5) is 19.0 Å². The summed E-state index contributed by atoms with van der Waals surface area (Å²) in [6.07, 6.45) is 4.92. The van der Waals surface area contributed by atoms with Crippen molar-refractivity contribution in [1.29, 1.82) is 0 Å². The van der Waals surface area contributed by atoms with Crippen molar-refractivity contribution in [3.05, 3.63) is 30.1 Å². The summed E-state index contributed by atoms with van der Waals surface area (Å²) in [5.74, 6) is 0.234. The van der Waals surface area contributed by atoms with Crippen LogP contribution in [0.2, 0.25) is 0 Å². The fraction of sp³-hybridized carbons (Fsp3) is 0.667. The van der Waals surface area contributed by atoms with Gasteiger partial charge in [-0.3, -0.25) is 9.59 Å². The van der Waals surface area contributed by atoms with Gasteiger partial charge in [0.2, 0.25) is 11.8 Å². The lowest BCUT2D eigenvalue weighted by atomic mass is 9.83. The maximum Gasteiger partial charge on any atom is 0.416 e. The summed E-state index contributed by atoms with van der Waals surface area (Å²) >= 11 is 0. The van der Waals surface area contributed by atoms with Crippen LogP contribution in [-0.4, -0.2) is 75.4 Å². The van der Waals surface area contributed by atoms with E-state index in [1.54, 1.807) is 0 Å². The summed E-state index contributed by atoms with van der Waals surface area (Å²) in [7, 11) is 2.12. The van der Waals surface area contributed by atoms with Crippen LogP contribution in [0.3, 0.4) is 0 Å². The van der Waals surface area contributed by atoms with Crippen molar-refractivity contribution in [3.8, 4) is 0 Å². The number of hydrogen-bond donors (Lipinski definition) is 2. The Bertz CT molecular complexity index is 1250. The average molecular weight is 575 g/mol. The number of carbonyl (C=O) groups is 2. The predicted octanol–water partition coefficient (Wildman–Crippen LogP) is 4.99. The molecule has 41 heavy (non-hydrogen) atoms. The minimum absolute atomic E-state index is 0.0314. The normalized spacial score (nSPS) is 26.2. The lowest BCUT2D eigenvalue weighted by Crippen LogP contribution is -2.59. The highest BCUT2D eigenvalue weighted by Gasteiger charge is 2.44. The highest BCUT2D eigenvalue weighted by atomic mass is 19.4. The maximum atomic E-state index is 13.7. The minimum atomic E-state index is -4.50. The van der Waals surface area contributed by atoms with Crippen molar-refractivity contribution in [3.63, 3.8) is 0 Å². The Balaban J connectivity index is 1.33. The molecule has 2 N–H and O–H groups in total. The fourth-order valence-electron chi connectivity index (χ4n) is 6.80. The molecule has 5 rings (SSSR count). The number of anilines is 1. The third-order valence-corrected chi connectivity index (χ3v) is 9.39. The van der Waals surface area contributed by atoms with E-state index in [4.69, 9.17) is 0 Å². The molecule has 2 amide bonds. The summed E-state index contributed by atoms with van der Waals surface area (Å²) in [4.78, 5) is 39.6. The zero-order chi connectivity index (χ0) is 29.3. The Kier molecular flexibility index (Phi) is 8.73. The monoisotopic (exact) mass is 574 g/mol. The van der Waals surface area contributed by atoms with Gasteiger partial charge in [0.15, 0.2) is 0 Å². The zero-order valence-corrected chi connectivity index (χ0v) is 24.1. The van der Waals surface area contributed by atoms with Crippen LogP contribution in [0.15, 0.2) is 24.5 Å². The zero-order valence-electron chi connectivity index (χ0n) is 24.1. The van der Waals surface area contributed by atoms with Crippen LogP contribution in [0, 0.1) is 5.92 Å². The number of nitrogens with zero attached hydrogens (tertiary/aromatic N) is 4. The summed E-state index contributed by atoms with van der Waals surface area (Å²) in [6.45, 7) is 4.84. The number of halogens is 3. The van der Waals surface area contributed by atoms with Crippen LogP contribution >= 0.6 is 0 Å². The Hall–Kier alpha value is -2.95. The van der Waals surface area contributed by atoms with Crippen LogP contribution in [0.25, 0.3) is 10.9 Å². The number of fused-ring (bicyclic) bond motifs is 1. The van der Waals surface area contributed by atoms with Crippen molar-refractivity contribution in [1.82, 2.24) is 25.1 Å². The van der Waals surface area contributed by atoms with Gasteiger partial charge in [0.05, 0.1) is 23.2 Å². The van der Waals surface area contributed by atoms with Crippen LogP contribution in [0.1, 0.15) is 77.2 Å². The van der Waals surface area contributed by atoms with E-state index in [-0.39, 0.29) is 41.0 Å². The first-order valence-corrected chi connectivity index (χ1v) is 14.9. The molecule has 1 aromatic carbocycles. The van der Waals surface area contributed by atoms with Gasteiger partial charge in [-0.25, -0.2) is 9.97 Å². The topological polar surface area (TPSA) is 90.5 Å². The molecule has 0 unspecified atom stereocenters. The highest BCUT2D eigenvalue weighted by molar-refractivity contribution is 5.93. The molecule has 3 fully saturated rings. The smallest absolute Gasteiger partial charge is 0.358 e. The van der Waals surface area contributed by atoms with Crippen molar-refractivity contribution in [2.24, 2.45) is 5.92 Å². The van der Waals surface area contributed by atoms with Crippen LogP contribution < -0.4 is 10.6 Å². The van der Waals surface area contributed by atoms with E-state index in [2.05, 4.69) is 46.4 Å². The standard InChI is InChI=1S/C30H41F3N6O2/c1-18(2)38(3)21-10-12-26(25(16-21)37-28(40)19-7-5-4-6-8-19)39-14-13-24(29(39)41)36-27-22-15-20(30(31,32)33)9-11-23(22)34-17-35-27/h9,11,15,17-19,21,24-26H,4-8,10,12-14,16H2,1-3H3,(H,37,40)(H,34,35,36)/t21-,24+,25-,26+/m1/s1. The average Bonchev–Trinajstić information content (AvgIpc) is 3.31. The van der Waals surface area contributed by atoms with Gasteiger partial charge in [0, 0.05) is 29.9 Å². The third kappa shape index (κ3) is 6.44. The molecule has 2 saturated carbocycles. The molecule has 2 aliphatic carbocycles. The number of benzene rings is 1. The van der Waals surface area contributed by atoms with Gasteiger partial charge in [0.25, 0.3) is 0 Å². The molecule has 11 heteroatoms. The molecule has 1 aromatic heterocycles. The number of hydrogen-bond acceptors (Lipinski definition) is 6. The molecular weight excluding hydrogens is 533 g/mol. The summed E-state index contributed by atoms with van der Waals surface area (Å²) in [6, 6.07) is 3.13. The van der Waals surface area contributed by atoms with Crippen molar-refractivity contribution >= 4 is 28.5 Å². The van der Waals surface area contributed by atoms with Gasteiger partial charge in [0.1, 0.15) is 18.2 Å². The Labute approximate surface area is 239 Å². The fourth-order valence-corrected chi connectivity index (χ4v) is 6.80. The van der Waals surface area contributed by atoms with Crippen LogP contribution in [-0.2, 0) is 15.8 Å². The molecule has 4 atom stereocenters. The number of rotatable bonds is 7. The third-order valence-electron chi connectivity index (χ3n) is 9.39. The van der Waals surface area contributed by atoms with E-state index in [9.17, 15) is 22.8 Å². The SMILES string of the molecule is CC(C)N(C)[C@@H]1CC[C@H](N2CC[C@H](Nc3ncnc4ccc(C(F)(F)F)cc34)C2=O)[C@H](NC(=O)C2CCCCC2)C1. The molecule has 1 aliphatic heterocycles. The van der Waals surface area contributed by atoms with Gasteiger partial charge in [-0.15, -0.1) is 0 Å². The van der Waals surface area contributed by atoms with Gasteiger partial charge < -0.3 is 20.4 Å². The van der Waals surface area contributed by atoms with Gasteiger partial charge >= 0.3 is 6.18 Å². The molecule has 2 aromatic rings. The molecule has 0 spiro atoms. The molecule has 1 saturated heterocycles. The molecule has 3 aliphatic rings. The van der Waals surface area contributed by atoms with E-state index in [1.807, 2.05) is 4.90 Å². The maximum absolute atomic E-state index is 13.7. The van der Waals surface area contributed by atoms with Crippen molar-refractivity contribution < 1.29 is 22.8 Å². The molecule has 0 bridgehead atoms. The summed E-state index contributed by atoms with van der Waals surface area (Å²) in [5.41, 5.74) is -0.419. The Morgan fingerprint density at radius 2 is 1.83 bits per heavy atom. The summed E-state index contributed by atoms with van der Waals surface area (Å²) in [5, 5.41) is 6.71. The molecule has 2 heterocycles. The molecular formula is C30H41F3N6O2. The molecule has 8 nitrogen and oxygen atoms in total. The van der Waals surface area contributed by atoms with E-state index in [0.29, 0.717) is 30.6 Å². The number of alkyl halides is 3. The number of amides is 2. The number of nitrogens with one attached hydrogen (secondary N) is 2. The first-order chi connectivity index (χ1) is 19.5. The van der Waals surface area contributed by atoms with Crippen molar-refractivity contribution in [2.45, 2.75) is 108 Å². The van der Waals surface area contributed by atoms with E-state index < -0.39 is 17.8 Å². The number of carbonyl (C=O) groups excluding carboxylic acids is 2. The summed E-state index contributed by atoms with van der Waals surface area (Å²) < 4.78 is 40.2. The second-order valence-electron chi connectivity index (χ2n) is 12.2. The molecule has 0 radical (unpaired) electrons. The van der Waals surface area contributed by atoms with E-state index in [0.717, 1.165) is 57.1 Å². The van der Waals surface area contributed by atoms with E-state index in [1.165, 1.54) is 18.8 Å². The Morgan fingerprint density at radius 3 is 2.54 bits per heavy atom. The molecule has 224 valence electrons. The quantitative estimate of drug-likeness (QED) is 0.485. The second kappa shape index (κ2) is 12.1. The van der Waals surface area contributed by atoms with Gasteiger partial charge in [-0.05, 0) is 77.6 Å². The second-order valence-corrected chi connectivity index (χ2v) is 12.2. The van der Waals surface area contributed by atoms with Gasteiger partial charge in [-0.1, -0.05) is 19.3 Å². The van der Waals surface area contributed by atoms with E-state index >= 15 is 0 Å². The highest BCUT2D eigenvalue weighted by Crippen LogP contribution is 2.35. The Morgan fingerprint density at radius 1 is 1.07 bits per heavy atom. The number of likely N-dealkylation sites (tertiary alicyclic amines) is 1. The first-order valence-electron chi connectivity index (χ1n) is 14.9. The minimum Gasteiger partial charge on any atom is -0.358 e. The number of aromatic nitrogens is 2. The largest absolute Gasteiger partial charge is 0.416 e. The lowest BCUT2D eigenvalue weighted by Gasteiger charge is -2.45. The van der Waals surface area contributed by atoms with Gasteiger partial charge in [-0.2, -0.15) is 13.2 Å². The first kappa shape index (κ1) is 29.5. The predicted molar refractivity (Wildman–Crippen MR) is 151 cm³/mol. The lowest BCUT2D eigenvalue weighted by molar-refractivity contribution is -0.137. The van der Waals surface area contributed by atoms with Crippen molar-refractivity contribution in [2.75, 3.05) is 18.9 Å².